The molecule has 0 unspecified atom stereocenters. The van der Waals surface area contributed by atoms with E-state index >= 15 is 0 Å². The summed E-state index contributed by atoms with van der Waals surface area (Å²) in [4.78, 5) is 12.2. The minimum atomic E-state index is -0.744. The zero-order valence-electron chi connectivity index (χ0n) is 11.1. The van der Waals surface area contributed by atoms with Gasteiger partial charge >= 0.3 is 0 Å². The fraction of sp³-hybridized carbons (Fsp3) is 0.125. The SMILES string of the molecule is N#Cc1ccccc1NC(=O)[C@H]1COc2ccccc2O1. The van der Waals surface area contributed by atoms with Crippen molar-refractivity contribution in [3.05, 3.63) is 54.1 Å². The van der Waals surface area contributed by atoms with E-state index in [1.54, 1.807) is 36.4 Å². The fourth-order valence-corrected chi connectivity index (χ4v) is 2.05. The number of hydrogen-bond donors (Lipinski definition) is 1. The molecular weight excluding hydrogens is 268 g/mol. The van der Waals surface area contributed by atoms with Crippen molar-refractivity contribution in [2.45, 2.75) is 6.10 Å². The molecule has 1 amide bonds. The summed E-state index contributed by atoms with van der Waals surface area (Å²) in [6.07, 6.45) is -0.744. The Hall–Kier alpha value is -3.00. The Morgan fingerprint density at radius 2 is 1.86 bits per heavy atom. The van der Waals surface area contributed by atoms with E-state index in [9.17, 15) is 4.79 Å². The second-order valence-corrected chi connectivity index (χ2v) is 4.51. The molecule has 1 N–H and O–H groups in total. The third-order valence-corrected chi connectivity index (χ3v) is 3.11. The van der Waals surface area contributed by atoms with E-state index in [2.05, 4.69) is 5.32 Å². The molecule has 0 saturated heterocycles. The Balaban J connectivity index is 1.74. The van der Waals surface area contributed by atoms with E-state index in [0.717, 1.165) is 0 Å². The van der Waals surface area contributed by atoms with Crippen LogP contribution in [0.3, 0.4) is 0 Å². The second kappa shape index (κ2) is 5.55. The molecule has 5 nitrogen and oxygen atoms in total. The number of carbonyl (C=O) groups is 1. The molecule has 1 heterocycles. The number of rotatable bonds is 2. The summed E-state index contributed by atoms with van der Waals surface area (Å²) in [7, 11) is 0. The minimum Gasteiger partial charge on any atom is -0.485 e. The standard InChI is InChI=1S/C16H12N2O3/c17-9-11-5-1-2-6-12(11)18-16(19)15-10-20-13-7-3-4-8-14(13)21-15/h1-8,15H,10H2,(H,18,19)/t15-/m1/s1. The number of para-hydroxylation sites is 3. The van der Waals surface area contributed by atoms with Crippen LogP contribution in [-0.2, 0) is 4.79 Å². The highest BCUT2D eigenvalue weighted by molar-refractivity contribution is 5.95. The first kappa shape index (κ1) is 13.0. The Bertz CT molecular complexity index is 721. The van der Waals surface area contributed by atoms with Crippen molar-refractivity contribution in [2.75, 3.05) is 11.9 Å². The summed E-state index contributed by atoms with van der Waals surface area (Å²) < 4.78 is 11.1. The van der Waals surface area contributed by atoms with E-state index in [1.807, 2.05) is 18.2 Å². The van der Waals surface area contributed by atoms with Crippen LogP contribution in [0.2, 0.25) is 0 Å². The Morgan fingerprint density at radius 1 is 1.14 bits per heavy atom. The van der Waals surface area contributed by atoms with Crippen molar-refractivity contribution in [2.24, 2.45) is 0 Å². The van der Waals surface area contributed by atoms with Crippen molar-refractivity contribution in [3.8, 4) is 17.6 Å². The van der Waals surface area contributed by atoms with Gasteiger partial charge in [-0.1, -0.05) is 24.3 Å². The highest BCUT2D eigenvalue weighted by Crippen LogP contribution is 2.31. The van der Waals surface area contributed by atoms with Gasteiger partial charge in [-0.25, -0.2) is 0 Å². The molecule has 0 aliphatic carbocycles. The number of nitriles is 1. The molecule has 0 aromatic heterocycles. The molecular formula is C16H12N2O3. The van der Waals surface area contributed by atoms with Gasteiger partial charge in [-0.2, -0.15) is 5.26 Å². The van der Waals surface area contributed by atoms with Crippen LogP contribution in [0.4, 0.5) is 5.69 Å². The van der Waals surface area contributed by atoms with E-state index in [1.165, 1.54) is 0 Å². The molecule has 1 aliphatic rings. The Kier molecular flexibility index (Phi) is 3.44. The highest BCUT2D eigenvalue weighted by Gasteiger charge is 2.27. The van der Waals surface area contributed by atoms with Crippen LogP contribution in [0.25, 0.3) is 0 Å². The zero-order chi connectivity index (χ0) is 14.7. The molecule has 104 valence electrons. The number of nitrogens with zero attached hydrogens (tertiary/aromatic N) is 1. The molecule has 1 aliphatic heterocycles. The van der Waals surface area contributed by atoms with Gasteiger partial charge in [0.2, 0.25) is 6.10 Å². The lowest BCUT2D eigenvalue weighted by Gasteiger charge is -2.25. The summed E-state index contributed by atoms with van der Waals surface area (Å²) in [6.45, 7) is 0.136. The maximum atomic E-state index is 12.2. The lowest BCUT2D eigenvalue weighted by Crippen LogP contribution is -2.40. The molecule has 0 fully saturated rings. The van der Waals surface area contributed by atoms with E-state index in [0.29, 0.717) is 22.7 Å². The number of carbonyl (C=O) groups excluding carboxylic acids is 1. The minimum absolute atomic E-state index is 0.136. The quantitative estimate of drug-likeness (QED) is 0.916. The van der Waals surface area contributed by atoms with Crippen LogP contribution < -0.4 is 14.8 Å². The third-order valence-electron chi connectivity index (χ3n) is 3.11. The first-order valence-electron chi connectivity index (χ1n) is 6.46. The lowest BCUT2D eigenvalue weighted by atomic mass is 10.2. The number of nitrogens with one attached hydrogen (secondary N) is 1. The van der Waals surface area contributed by atoms with Crippen molar-refractivity contribution in [1.29, 1.82) is 5.26 Å². The Labute approximate surface area is 121 Å². The maximum Gasteiger partial charge on any atom is 0.269 e. The summed E-state index contributed by atoms with van der Waals surface area (Å²) in [6, 6.07) is 16.0. The van der Waals surface area contributed by atoms with Crippen LogP contribution in [-0.4, -0.2) is 18.6 Å². The van der Waals surface area contributed by atoms with Crippen LogP contribution in [0.15, 0.2) is 48.5 Å². The van der Waals surface area contributed by atoms with Gasteiger partial charge in [-0.05, 0) is 24.3 Å². The summed E-state index contributed by atoms with van der Waals surface area (Å²) in [5.74, 6) is 0.823. The van der Waals surface area contributed by atoms with Gasteiger partial charge < -0.3 is 14.8 Å². The fourth-order valence-electron chi connectivity index (χ4n) is 2.05. The topological polar surface area (TPSA) is 71.4 Å². The van der Waals surface area contributed by atoms with E-state index in [4.69, 9.17) is 14.7 Å². The second-order valence-electron chi connectivity index (χ2n) is 4.51. The molecule has 0 bridgehead atoms. The van der Waals surface area contributed by atoms with Crippen LogP contribution in [0.1, 0.15) is 5.56 Å². The normalized spacial score (nSPS) is 15.9. The van der Waals surface area contributed by atoms with Crippen LogP contribution in [0.5, 0.6) is 11.5 Å². The number of ether oxygens (including phenoxy) is 2. The third kappa shape index (κ3) is 2.65. The largest absolute Gasteiger partial charge is 0.485 e. The van der Waals surface area contributed by atoms with E-state index < -0.39 is 6.10 Å². The van der Waals surface area contributed by atoms with Gasteiger partial charge in [-0.15, -0.1) is 0 Å². The van der Waals surface area contributed by atoms with Crippen LogP contribution in [0, 0.1) is 11.3 Å². The van der Waals surface area contributed by atoms with Crippen molar-refractivity contribution in [1.82, 2.24) is 0 Å². The average Bonchev–Trinajstić information content (AvgIpc) is 2.55. The zero-order valence-corrected chi connectivity index (χ0v) is 11.1. The van der Waals surface area contributed by atoms with Crippen LogP contribution >= 0.6 is 0 Å². The lowest BCUT2D eigenvalue weighted by molar-refractivity contribution is -0.125. The smallest absolute Gasteiger partial charge is 0.269 e. The molecule has 5 heteroatoms. The first-order chi connectivity index (χ1) is 10.3. The predicted octanol–water partition coefficient (Wildman–Crippen LogP) is 2.34. The molecule has 0 spiro atoms. The number of fused-ring (bicyclic) bond motifs is 1. The van der Waals surface area contributed by atoms with Gasteiger partial charge in [0.1, 0.15) is 12.7 Å². The number of hydrogen-bond acceptors (Lipinski definition) is 4. The Morgan fingerprint density at radius 3 is 2.67 bits per heavy atom. The first-order valence-corrected chi connectivity index (χ1v) is 6.46. The van der Waals surface area contributed by atoms with E-state index in [-0.39, 0.29) is 12.5 Å². The number of amides is 1. The van der Waals surface area contributed by atoms with Gasteiger partial charge in [-0.3, -0.25) is 4.79 Å². The molecule has 0 radical (unpaired) electrons. The molecule has 2 aromatic rings. The molecule has 2 aromatic carbocycles. The molecule has 1 atom stereocenters. The van der Waals surface area contributed by atoms with Gasteiger partial charge in [0, 0.05) is 0 Å². The maximum absolute atomic E-state index is 12.2. The molecule has 3 rings (SSSR count). The average molecular weight is 280 g/mol. The summed E-state index contributed by atoms with van der Waals surface area (Å²) in [5.41, 5.74) is 0.871. The van der Waals surface area contributed by atoms with Crippen molar-refractivity contribution < 1.29 is 14.3 Å². The monoisotopic (exact) mass is 280 g/mol. The number of benzene rings is 2. The molecule has 0 saturated carbocycles. The van der Waals surface area contributed by atoms with Gasteiger partial charge in [0.05, 0.1) is 11.3 Å². The van der Waals surface area contributed by atoms with Gasteiger partial charge in [0.15, 0.2) is 11.5 Å². The van der Waals surface area contributed by atoms with Crippen molar-refractivity contribution in [3.63, 3.8) is 0 Å². The number of anilines is 1. The van der Waals surface area contributed by atoms with Gasteiger partial charge in [0.25, 0.3) is 5.91 Å². The predicted molar refractivity (Wildman–Crippen MR) is 76.1 cm³/mol. The highest BCUT2D eigenvalue weighted by atomic mass is 16.6. The summed E-state index contributed by atoms with van der Waals surface area (Å²) >= 11 is 0. The summed E-state index contributed by atoms with van der Waals surface area (Å²) in [5, 5.41) is 11.7. The van der Waals surface area contributed by atoms with Crippen molar-refractivity contribution >= 4 is 11.6 Å². The molecule has 21 heavy (non-hydrogen) atoms.